The lowest BCUT2D eigenvalue weighted by atomic mass is 10.0. The second kappa shape index (κ2) is 10.9. The van der Waals surface area contributed by atoms with Crippen LogP contribution < -0.4 is 15.5 Å². The Balaban J connectivity index is 2.00. The lowest BCUT2D eigenvalue weighted by molar-refractivity contribution is -0.123. The summed E-state index contributed by atoms with van der Waals surface area (Å²) in [7, 11) is 0. The van der Waals surface area contributed by atoms with Crippen LogP contribution in [0.3, 0.4) is 0 Å². The van der Waals surface area contributed by atoms with E-state index in [1.807, 2.05) is 45.9 Å². The number of hydrazone groups is 1. The van der Waals surface area contributed by atoms with Gasteiger partial charge < -0.3 is 10.1 Å². The predicted octanol–water partition coefficient (Wildman–Crippen LogP) is 4.28. The number of carbonyl (C=O) groups excluding carboxylic acids is 2. The Kier molecular flexibility index (Phi) is 8.53. The number of nitrogens with one attached hydrogen (secondary N) is 2. The molecule has 0 aliphatic heterocycles. The van der Waals surface area contributed by atoms with Crippen LogP contribution in [-0.2, 0) is 4.79 Å². The van der Waals surface area contributed by atoms with Crippen molar-refractivity contribution in [2.24, 2.45) is 11.0 Å². The van der Waals surface area contributed by atoms with Gasteiger partial charge in [0.25, 0.3) is 11.8 Å². The number of carbonyl (C=O) groups is 2. The van der Waals surface area contributed by atoms with Crippen molar-refractivity contribution in [1.82, 2.24) is 10.7 Å². The van der Waals surface area contributed by atoms with Crippen molar-refractivity contribution < 1.29 is 18.7 Å². The Morgan fingerprint density at radius 3 is 2.33 bits per heavy atom. The topological polar surface area (TPSA) is 79.8 Å². The highest BCUT2D eigenvalue weighted by Crippen LogP contribution is 2.26. The van der Waals surface area contributed by atoms with Crippen molar-refractivity contribution in [2.45, 2.75) is 39.8 Å². The van der Waals surface area contributed by atoms with Crippen molar-refractivity contribution in [3.63, 3.8) is 0 Å². The molecule has 2 rings (SSSR count). The van der Waals surface area contributed by atoms with E-state index in [0.29, 0.717) is 0 Å². The van der Waals surface area contributed by atoms with Crippen LogP contribution in [0, 0.1) is 11.7 Å². The molecule has 8 heteroatoms. The molecule has 0 saturated carbocycles. The second-order valence-electron chi connectivity index (χ2n) is 7.29. The van der Waals surface area contributed by atoms with Gasteiger partial charge in [0.05, 0.1) is 16.8 Å². The van der Waals surface area contributed by atoms with Gasteiger partial charge in [-0.25, -0.2) is 9.82 Å². The molecule has 0 aromatic heterocycles. The molecule has 1 unspecified atom stereocenters. The van der Waals surface area contributed by atoms with Crippen LogP contribution in [0.1, 0.15) is 43.6 Å². The molecule has 1 atom stereocenters. The van der Waals surface area contributed by atoms with Crippen molar-refractivity contribution in [3.8, 4) is 5.75 Å². The zero-order chi connectivity index (χ0) is 22.3. The summed E-state index contributed by atoms with van der Waals surface area (Å²) in [4.78, 5) is 24.9. The largest absolute Gasteiger partial charge is 0.490 e. The molecular formula is C22H25BrFN3O3. The van der Waals surface area contributed by atoms with Gasteiger partial charge in [-0.2, -0.15) is 5.10 Å². The van der Waals surface area contributed by atoms with Gasteiger partial charge in [-0.05, 0) is 83.7 Å². The fraction of sp³-hybridized carbons (Fsp3) is 0.318. The summed E-state index contributed by atoms with van der Waals surface area (Å²) in [6.07, 6.45) is 1.55. The monoisotopic (exact) mass is 477 g/mol. The third kappa shape index (κ3) is 6.95. The Morgan fingerprint density at radius 1 is 1.10 bits per heavy atom. The Hall–Kier alpha value is -2.74. The highest BCUT2D eigenvalue weighted by Gasteiger charge is 2.24. The molecule has 0 heterocycles. The van der Waals surface area contributed by atoms with Crippen LogP contribution in [0.15, 0.2) is 52.0 Å². The number of halogens is 2. The van der Waals surface area contributed by atoms with Gasteiger partial charge >= 0.3 is 0 Å². The minimum absolute atomic E-state index is 0.0539. The molecule has 0 saturated heterocycles. The molecule has 2 aromatic rings. The quantitative estimate of drug-likeness (QED) is 0.439. The first-order valence-electron chi connectivity index (χ1n) is 9.53. The second-order valence-corrected chi connectivity index (χ2v) is 8.15. The fourth-order valence-corrected chi connectivity index (χ4v) is 3.04. The molecule has 2 aromatic carbocycles. The molecule has 6 nitrogen and oxygen atoms in total. The molecule has 0 fully saturated rings. The molecule has 2 N–H and O–H groups in total. The van der Waals surface area contributed by atoms with Crippen LogP contribution in [0.4, 0.5) is 4.39 Å². The van der Waals surface area contributed by atoms with Gasteiger partial charge in [0.15, 0.2) is 0 Å². The summed E-state index contributed by atoms with van der Waals surface area (Å²) >= 11 is 3.45. The maximum atomic E-state index is 13.0. The van der Waals surface area contributed by atoms with Crippen LogP contribution in [0.25, 0.3) is 0 Å². The first kappa shape index (κ1) is 23.5. The molecule has 0 radical (unpaired) electrons. The summed E-state index contributed by atoms with van der Waals surface area (Å²) in [5, 5.41) is 6.65. The smallest absolute Gasteiger partial charge is 0.262 e. The van der Waals surface area contributed by atoms with E-state index in [1.165, 1.54) is 30.5 Å². The Bertz CT molecular complexity index is 914. The van der Waals surface area contributed by atoms with Crippen LogP contribution >= 0.6 is 15.9 Å². The molecule has 160 valence electrons. The summed E-state index contributed by atoms with van der Waals surface area (Å²) in [5.74, 6) is -0.803. The van der Waals surface area contributed by atoms with E-state index in [9.17, 15) is 14.0 Å². The normalized spacial score (nSPS) is 12.3. The molecule has 0 bridgehead atoms. The number of benzene rings is 2. The summed E-state index contributed by atoms with van der Waals surface area (Å²) in [6.45, 7) is 7.50. The summed E-state index contributed by atoms with van der Waals surface area (Å²) in [5.41, 5.74) is 3.48. The third-order valence-corrected chi connectivity index (χ3v) is 4.67. The SMILES string of the molecule is CC(C)Oc1ccc(/C=N/NC(=O)C(NC(=O)c2ccc(F)cc2)C(C)C)cc1Br. The van der Waals surface area contributed by atoms with Gasteiger partial charge in [-0.3, -0.25) is 9.59 Å². The van der Waals surface area contributed by atoms with Crippen LogP contribution in [0.5, 0.6) is 5.75 Å². The first-order chi connectivity index (χ1) is 14.2. The highest BCUT2D eigenvalue weighted by atomic mass is 79.9. The Labute approximate surface area is 184 Å². The van der Waals surface area contributed by atoms with E-state index in [-0.39, 0.29) is 17.6 Å². The van der Waals surface area contributed by atoms with E-state index < -0.39 is 23.7 Å². The summed E-state index contributed by atoms with van der Waals surface area (Å²) in [6, 6.07) is 9.77. The standard InChI is InChI=1S/C22H25BrFN3O3/c1-13(2)20(26-21(28)16-6-8-17(24)9-7-16)22(29)27-25-12-15-5-10-19(18(23)11-15)30-14(3)4/h5-14,20H,1-4H3,(H,26,28)(H,27,29)/b25-12+. The average Bonchev–Trinajstić information content (AvgIpc) is 2.67. The zero-order valence-corrected chi connectivity index (χ0v) is 18.9. The fourth-order valence-electron chi connectivity index (χ4n) is 2.55. The minimum Gasteiger partial charge on any atom is -0.490 e. The van der Waals surface area contributed by atoms with Gasteiger partial charge in [0.1, 0.15) is 17.6 Å². The van der Waals surface area contributed by atoms with Crippen molar-refractivity contribution in [3.05, 3.63) is 63.9 Å². The van der Waals surface area contributed by atoms with E-state index in [0.717, 1.165) is 15.8 Å². The maximum absolute atomic E-state index is 13.0. The molecule has 0 spiro atoms. The van der Waals surface area contributed by atoms with Crippen molar-refractivity contribution >= 4 is 34.0 Å². The minimum atomic E-state index is -0.798. The number of ether oxygens (including phenoxy) is 1. The molecular weight excluding hydrogens is 453 g/mol. The van der Waals surface area contributed by atoms with E-state index in [4.69, 9.17) is 4.74 Å². The lowest BCUT2D eigenvalue weighted by Crippen LogP contribution is -2.48. The van der Waals surface area contributed by atoms with Crippen LogP contribution in [-0.4, -0.2) is 30.2 Å². The zero-order valence-electron chi connectivity index (χ0n) is 17.3. The number of amides is 2. The molecule has 2 amide bonds. The number of nitrogens with zero attached hydrogens (tertiary/aromatic N) is 1. The lowest BCUT2D eigenvalue weighted by Gasteiger charge is -2.20. The average molecular weight is 478 g/mol. The molecule has 30 heavy (non-hydrogen) atoms. The number of rotatable bonds is 8. The number of hydrogen-bond donors (Lipinski definition) is 2. The third-order valence-electron chi connectivity index (χ3n) is 4.05. The Morgan fingerprint density at radius 2 is 1.77 bits per heavy atom. The maximum Gasteiger partial charge on any atom is 0.262 e. The van der Waals surface area contributed by atoms with Gasteiger partial charge in [0.2, 0.25) is 0 Å². The van der Waals surface area contributed by atoms with Crippen LogP contribution in [0.2, 0.25) is 0 Å². The van der Waals surface area contributed by atoms with Gasteiger partial charge in [-0.15, -0.1) is 0 Å². The first-order valence-corrected chi connectivity index (χ1v) is 10.3. The number of hydrogen-bond acceptors (Lipinski definition) is 4. The highest BCUT2D eigenvalue weighted by molar-refractivity contribution is 9.10. The van der Waals surface area contributed by atoms with Gasteiger partial charge in [0, 0.05) is 5.56 Å². The predicted molar refractivity (Wildman–Crippen MR) is 118 cm³/mol. The van der Waals surface area contributed by atoms with E-state index in [2.05, 4.69) is 31.8 Å². The molecule has 0 aliphatic carbocycles. The van der Waals surface area contributed by atoms with Crippen molar-refractivity contribution in [2.75, 3.05) is 0 Å². The van der Waals surface area contributed by atoms with Gasteiger partial charge in [-0.1, -0.05) is 13.8 Å². The van der Waals surface area contributed by atoms with Crippen molar-refractivity contribution in [1.29, 1.82) is 0 Å². The molecule has 0 aliphatic rings. The summed E-state index contributed by atoms with van der Waals surface area (Å²) < 4.78 is 19.5. The van der Waals surface area contributed by atoms with E-state index >= 15 is 0 Å². The van der Waals surface area contributed by atoms with E-state index in [1.54, 1.807) is 0 Å².